The molecule has 11 heteroatoms. The zero-order valence-electron chi connectivity index (χ0n) is 16.7. The second-order valence-corrected chi connectivity index (χ2v) is 9.37. The van der Waals surface area contributed by atoms with Gasteiger partial charge in [-0.05, 0) is 18.6 Å². The van der Waals surface area contributed by atoms with Crippen LogP contribution in [0, 0.1) is 0 Å². The Morgan fingerprint density at radius 1 is 0.933 bits per heavy atom. The maximum absolute atomic E-state index is 12.7. The highest BCUT2D eigenvalue weighted by Gasteiger charge is 2.31. The van der Waals surface area contributed by atoms with Gasteiger partial charge in [-0.15, -0.1) is 0 Å². The predicted molar refractivity (Wildman–Crippen MR) is 109 cm³/mol. The Bertz CT molecular complexity index is 884. The van der Waals surface area contributed by atoms with Gasteiger partial charge in [0, 0.05) is 58.2 Å². The lowest BCUT2D eigenvalue weighted by molar-refractivity contribution is -0.137. The molecule has 3 rings (SSSR count). The summed E-state index contributed by atoms with van der Waals surface area (Å²) in [5.41, 5.74) is 5.10. The Balaban J connectivity index is 1.43. The maximum Gasteiger partial charge on any atom is 0.312 e. The highest BCUT2D eigenvalue weighted by Crippen LogP contribution is 2.18. The molecule has 2 fully saturated rings. The Hall–Kier alpha value is -2.66. The molecule has 10 nitrogen and oxygen atoms in total. The summed E-state index contributed by atoms with van der Waals surface area (Å²) in [6.07, 6.45) is 0.805. The molecule has 0 aromatic heterocycles. The fraction of sp³-hybridized carbons (Fsp3) is 0.526. The van der Waals surface area contributed by atoms with E-state index in [1.54, 1.807) is 40.1 Å². The number of hydrogen-bond donors (Lipinski definition) is 2. The summed E-state index contributed by atoms with van der Waals surface area (Å²) in [5.74, 6) is -0.298. The molecule has 0 radical (unpaired) electrons. The van der Waals surface area contributed by atoms with Gasteiger partial charge >= 0.3 is 6.03 Å². The number of benzene rings is 1. The summed E-state index contributed by atoms with van der Waals surface area (Å²) >= 11 is 0. The van der Waals surface area contributed by atoms with Crippen molar-refractivity contribution >= 4 is 27.9 Å². The summed E-state index contributed by atoms with van der Waals surface area (Å²) in [6.45, 7) is 1.97. The van der Waals surface area contributed by atoms with E-state index in [1.165, 1.54) is 4.31 Å². The molecular weight excluding hydrogens is 410 g/mol. The molecule has 2 saturated heterocycles. The monoisotopic (exact) mass is 437 g/mol. The van der Waals surface area contributed by atoms with Crippen molar-refractivity contribution in [3.8, 4) is 0 Å². The van der Waals surface area contributed by atoms with E-state index in [-0.39, 0.29) is 48.7 Å². The van der Waals surface area contributed by atoms with E-state index in [2.05, 4.69) is 5.32 Å². The molecular formula is C19H27N5O5S. The Labute approximate surface area is 176 Å². The van der Waals surface area contributed by atoms with E-state index < -0.39 is 16.1 Å². The first kappa shape index (κ1) is 22.0. The third-order valence-electron chi connectivity index (χ3n) is 5.41. The first-order chi connectivity index (χ1) is 14.3. The van der Waals surface area contributed by atoms with Gasteiger partial charge in [0.1, 0.15) is 0 Å². The van der Waals surface area contributed by atoms with Gasteiger partial charge in [-0.1, -0.05) is 18.2 Å². The van der Waals surface area contributed by atoms with Crippen LogP contribution in [0.2, 0.25) is 0 Å². The van der Waals surface area contributed by atoms with Crippen molar-refractivity contribution < 1.29 is 22.8 Å². The van der Waals surface area contributed by atoms with Gasteiger partial charge < -0.3 is 20.9 Å². The van der Waals surface area contributed by atoms with Crippen LogP contribution >= 0.6 is 0 Å². The molecule has 0 saturated carbocycles. The lowest BCUT2D eigenvalue weighted by atomic mass is 10.2. The molecule has 3 N–H and O–H groups in total. The molecule has 1 atom stereocenters. The number of hydrogen-bond acceptors (Lipinski definition) is 5. The number of sulfonamides is 1. The Morgan fingerprint density at radius 3 is 2.13 bits per heavy atom. The third-order valence-corrected chi connectivity index (χ3v) is 7.33. The Morgan fingerprint density at radius 2 is 1.53 bits per heavy atom. The number of rotatable bonds is 6. The van der Waals surface area contributed by atoms with Crippen molar-refractivity contribution in [2.24, 2.45) is 5.73 Å². The molecule has 164 valence electrons. The standard InChI is InChI=1S/C19H27N5O5S/c20-19(27)21-15-8-9-23(14-15)18(26)7-6-17(25)22-10-12-24(13-11-22)30(28,29)16-4-2-1-3-5-16/h1-5,15H,6-14H2,(H3,20,21,27). The number of amides is 4. The van der Waals surface area contributed by atoms with Crippen LogP contribution in [0.15, 0.2) is 35.2 Å². The van der Waals surface area contributed by atoms with E-state index in [4.69, 9.17) is 5.73 Å². The largest absolute Gasteiger partial charge is 0.352 e. The smallest absolute Gasteiger partial charge is 0.312 e. The zero-order valence-corrected chi connectivity index (χ0v) is 17.5. The fourth-order valence-electron chi connectivity index (χ4n) is 3.76. The molecule has 2 aliphatic rings. The van der Waals surface area contributed by atoms with Crippen molar-refractivity contribution in [1.29, 1.82) is 0 Å². The summed E-state index contributed by atoms with van der Waals surface area (Å²) in [6, 6.07) is 7.46. The number of primary amides is 1. The summed E-state index contributed by atoms with van der Waals surface area (Å²) < 4.78 is 26.7. The molecule has 4 amide bonds. The van der Waals surface area contributed by atoms with Crippen molar-refractivity contribution in [2.75, 3.05) is 39.3 Å². The van der Waals surface area contributed by atoms with Gasteiger partial charge in [-0.3, -0.25) is 9.59 Å². The van der Waals surface area contributed by atoms with Crippen LogP contribution in [-0.2, 0) is 19.6 Å². The van der Waals surface area contributed by atoms with E-state index in [9.17, 15) is 22.8 Å². The lowest BCUT2D eigenvalue weighted by Crippen LogP contribution is -2.50. The van der Waals surface area contributed by atoms with E-state index in [0.717, 1.165) is 0 Å². The average molecular weight is 438 g/mol. The van der Waals surface area contributed by atoms with Gasteiger partial charge in [-0.2, -0.15) is 4.31 Å². The minimum absolute atomic E-state index is 0.0781. The average Bonchev–Trinajstić information content (AvgIpc) is 3.20. The van der Waals surface area contributed by atoms with Crippen molar-refractivity contribution in [1.82, 2.24) is 19.4 Å². The van der Waals surface area contributed by atoms with Crippen LogP contribution in [0.4, 0.5) is 4.79 Å². The van der Waals surface area contributed by atoms with Crippen LogP contribution in [0.3, 0.4) is 0 Å². The normalized spacial score (nSPS) is 20.2. The quantitative estimate of drug-likeness (QED) is 0.623. The first-order valence-corrected chi connectivity index (χ1v) is 11.4. The Kier molecular flexibility index (Phi) is 6.93. The molecule has 1 unspecified atom stereocenters. The van der Waals surface area contributed by atoms with Crippen LogP contribution in [0.5, 0.6) is 0 Å². The summed E-state index contributed by atoms with van der Waals surface area (Å²) in [5, 5.41) is 2.59. The molecule has 2 heterocycles. The van der Waals surface area contributed by atoms with Crippen LogP contribution in [0.1, 0.15) is 19.3 Å². The molecule has 0 aliphatic carbocycles. The predicted octanol–water partition coefficient (Wildman–Crippen LogP) is -0.431. The number of likely N-dealkylation sites (tertiary alicyclic amines) is 1. The van der Waals surface area contributed by atoms with E-state index in [0.29, 0.717) is 32.6 Å². The van der Waals surface area contributed by atoms with Gasteiger partial charge in [0.25, 0.3) is 0 Å². The minimum Gasteiger partial charge on any atom is -0.352 e. The first-order valence-electron chi connectivity index (χ1n) is 9.94. The number of urea groups is 1. The highest BCUT2D eigenvalue weighted by molar-refractivity contribution is 7.89. The highest BCUT2D eigenvalue weighted by atomic mass is 32.2. The number of piperazine rings is 1. The molecule has 30 heavy (non-hydrogen) atoms. The van der Waals surface area contributed by atoms with Gasteiger partial charge in [-0.25, -0.2) is 13.2 Å². The van der Waals surface area contributed by atoms with Gasteiger partial charge in [0.15, 0.2) is 0 Å². The molecule has 1 aromatic carbocycles. The van der Waals surface area contributed by atoms with Crippen molar-refractivity contribution in [3.63, 3.8) is 0 Å². The van der Waals surface area contributed by atoms with Crippen molar-refractivity contribution in [3.05, 3.63) is 30.3 Å². The number of carbonyl (C=O) groups is 3. The van der Waals surface area contributed by atoms with Crippen LogP contribution < -0.4 is 11.1 Å². The summed E-state index contributed by atoms with van der Waals surface area (Å²) in [7, 11) is -3.57. The van der Waals surface area contributed by atoms with Gasteiger partial charge in [0.2, 0.25) is 21.8 Å². The number of carbonyl (C=O) groups excluding carboxylic acids is 3. The number of nitrogens with zero attached hydrogens (tertiary/aromatic N) is 3. The SMILES string of the molecule is NC(=O)NC1CCN(C(=O)CCC(=O)N2CCN(S(=O)(=O)c3ccccc3)CC2)C1. The van der Waals surface area contributed by atoms with Gasteiger partial charge in [0.05, 0.1) is 4.90 Å². The fourth-order valence-corrected chi connectivity index (χ4v) is 5.20. The lowest BCUT2D eigenvalue weighted by Gasteiger charge is -2.34. The molecule has 0 spiro atoms. The second-order valence-electron chi connectivity index (χ2n) is 7.43. The minimum atomic E-state index is -3.57. The van der Waals surface area contributed by atoms with Crippen LogP contribution in [-0.4, -0.2) is 85.7 Å². The summed E-state index contributed by atoms with van der Waals surface area (Å²) in [4.78, 5) is 39.2. The molecule has 1 aromatic rings. The maximum atomic E-state index is 12.7. The second kappa shape index (κ2) is 9.43. The topological polar surface area (TPSA) is 133 Å². The van der Waals surface area contributed by atoms with Crippen LogP contribution in [0.25, 0.3) is 0 Å². The van der Waals surface area contributed by atoms with E-state index >= 15 is 0 Å². The molecule has 0 bridgehead atoms. The van der Waals surface area contributed by atoms with Crippen molar-refractivity contribution in [2.45, 2.75) is 30.2 Å². The third kappa shape index (κ3) is 5.28. The number of nitrogens with two attached hydrogens (primary N) is 1. The molecule has 2 aliphatic heterocycles. The van der Waals surface area contributed by atoms with E-state index in [1.807, 2.05) is 0 Å². The zero-order chi connectivity index (χ0) is 21.7. The number of nitrogens with one attached hydrogen (secondary N) is 1.